The molecule has 82 valence electrons. The van der Waals surface area contributed by atoms with Crippen molar-refractivity contribution in [1.29, 1.82) is 0 Å². The largest absolute Gasteiger partial charge is 0.378 e. The summed E-state index contributed by atoms with van der Waals surface area (Å²) in [7, 11) is -3.07. The number of nitrogens with zero attached hydrogens (tertiary/aromatic N) is 1. The van der Waals surface area contributed by atoms with Gasteiger partial charge in [0.1, 0.15) is 0 Å². The van der Waals surface area contributed by atoms with Gasteiger partial charge in [0.25, 0.3) is 0 Å². The molecule has 2 fully saturated rings. The molecule has 2 aliphatic rings. The van der Waals surface area contributed by atoms with Crippen molar-refractivity contribution >= 4 is 10.0 Å². The maximum absolute atomic E-state index is 11.7. The normalized spacial score (nSPS) is 38.6. The van der Waals surface area contributed by atoms with Crippen LogP contribution >= 0.6 is 0 Å². The van der Waals surface area contributed by atoms with Crippen LogP contribution < -0.4 is 5.73 Å². The smallest absolute Gasteiger partial charge is 0.214 e. The van der Waals surface area contributed by atoms with Crippen LogP contribution in [-0.2, 0) is 14.8 Å². The first-order chi connectivity index (χ1) is 6.61. The molecule has 2 unspecified atom stereocenters. The van der Waals surface area contributed by atoms with Crippen molar-refractivity contribution < 1.29 is 13.2 Å². The van der Waals surface area contributed by atoms with Gasteiger partial charge in [-0.1, -0.05) is 0 Å². The number of ether oxygens (including phenoxy) is 1. The van der Waals surface area contributed by atoms with Crippen LogP contribution in [0.5, 0.6) is 0 Å². The predicted molar refractivity (Wildman–Crippen MR) is 52.3 cm³/mol. The molecule has 0 aromatic carbocycles. The van der Waals surface area contributed by atoms with Crippen LogP contribution in [0.2, 0.25) is 0 Å². The maximum atomic E-state index is 11.7. The molecule has 6 heteroatoms. The number of hydrogen-bond acceptors (Lipinski definition) is 4. The molecule has 14 heavy (non-hydrogen) atoms. The predicted octanol–water partition coefficient (Wildman–Crippen LogP) is -0.862. The summed E-state index contributed by atoms with van der Waals surface area (Å²) in [6, 6.07) is -0.303. The van der Waals surface area contributed by atoms with E-state index in [1.807, 2.05) is 0 Å². The lowest BCUT2D eigenvalue weighted by molar-refractivity contribution is 0.174. The Morgan fingerprint density at radius 1 is 1.29 bits per heavy atom. The first-order valence-corrected chi connectivity index (χ1v) is 6.55. The Morgan fingerprint density at radius 3 is 2.64 bits per heavy atom. The van der Waals surface area contributed by atoms with Crippen LogP contribution in [0.4, 0.5) is 0 Å². The van der Waals surface area contributed by atoms with E-state index in [9.17, 15) is 8.42 Å². The molecule has 2 N–H and O–H groups in total. The lowest BCUT2D eigenvalue weighted by Crippen LogP contribution is -2.52. The van der Waals surface area contributed by atoms with Crippen molar-refractivity contribution in [3.8, 4) is 0 Å². The van der Waals surface area contributed by atoms with E-state index in [4.69, 9.17) is 10.5 Å². The first kappa shape index (κ1) is 10.4. The Labute approximate surface area is 84.3 Å². The molecular formula is C8H16N2O3S. The Balaban J connectivity index is 2.15. The molecule has 0 aliphatic carbocycles. The minimum atomic E-state index is -3.07. The van der Waals surface area contributed by atoms with Crippen LogP contribution in [0, 0.1) is 0 Å². The van der Waals surface area contributed by atoms with Crippen LogP contribution in [0.15, 0.2) is 0 Å². The van der Waals surface area contributed by atoms with Crippen LogP contribution in [0.3, 0.4) is 0 Å². The minimum Gasteiger partial charge on any atom is -0.378 e. The number of sulfonamides is 1. The van der Waals surface area contributed by atoms with Gasteiger partial charge in [-0.25, -0.2) is 8.42 Å². The van der Waals surface area contributed by atoms with E-state index in [0.29, 0.717) is 19.8 Å². The molecule has 0 radical (unpaired) electrons. The van der Waals surface area contributed by atoms with Gasteiger partial charge in [0.15, 0.2) is 0 Å². The van der Waals surface area contributed by atoms with Crippen molar-refractivity contribution in [1.82, 2.24) is 4.31 Å². The second kappa shape index (κ2) is 3.77. The highest BCUT2D eigenvalue weighted by Gasteiger charge is 2.38. The number of hydrogen-bond donors (Lipinski definition) is 1. The van der Waals surface area contributed by atoms with E-state index in [1.54, 1.807) is 0 Å². The highest BCUT2D eigenvalue weighted by atomic mass is 32.2. The third kappa shape index (κ3) is 1.79. The summed E-state index contributed by atoms with van der Waals surface area (Å²) in [5.41, 5.74) is 5.80. The van der Waals surface area contributed by atoms with Crippen LogP contribution in [0.25, 0.3) is 0 Å². The van der Waals surface area contributed by atoms with Crippen molar-refractivity contribution in [3.63, 3.8) is 0 Å². The fourth-order valence-corrected chi connectivity index (χ4v) is 3.88. The molecule has 0 amide bonds. The summed E-state index contributed by atoms with van der Waals surface area (Å²) in [6.45, 7) is 1.52. The van der Waals surface area contributed by atoms with E-state index in [0.717, 1.165) is 12.8 Å². The third-order valence-corrected chi connectivity index (χ3v) is 4.82. The standard InChI is InChI=1S/C8H16N2O3S/c9-7-5-13-6-8(7)10-3-1-2-4-14(10,11)12/h7-8H,1-6,9H2. The van der Waals surface area contributed by atoms with Gasteiger partial charge in [-0.2, -0.15) is 4.31 Å². The Hall–Kier alpha value is -0.170. The van der Waals surface area contributed by atoms with E-state index in [-0.39, 0.29) is 17.8 Å². The lowest BCUT2D eigenvalue weighted by Gasteiger charge is -2.32. The molecular weight excluding hydrogens is 204 g/mol. The van der Waals surface area contributed by atoms with Gasteiger partial charge in [0, 0.05) is 12.6 Å². The molecule has 0 spiro atoms. The molecule has 5 nitrogen and oxygen atoms in total. The summed E-state index contributed by atoms with van der Waals surface area (Å²) >= 11 is 0. The molecule has 0 saturated carbocycles. The summed E-state index contributed by atoms with van der Waals surface area (Å²) in [5, 5.41) is 0. The second-order valence-corrected chi connectivity index (χ2v) is 5.94. The van der Waals surface area contributed by atoms with E-state index in [2.05, 4.69) is 0 Å². The van der Waals surface area contributed by atoms with Gasteiger partial charge in [-0.15, -0.1) is 0 Å². The fourth-order valence-electron chi connectivity index (χ4n) is 2.04. The third-order valence-electron chi connectivity index (χ3n) is 2.85. The highest BCUT2D eigenvalue weighted by molar-refractivity contribution is 7.89. The average molecular weight is 220 g/mol. The van der Waals surface area contributed by atoms with Gasteiger partial charge < -0.3 is 10.5 Å². The fraction of sp³-hybridized carbons (Fsp3) is 1.00. The van der Waals surface area contributed by atoms with Crippen molar-refractivity contribution in [3.05, 3.63) is 0 Å². The first-order valence-electron chi connectivity index (χ1n) is 4.94. The second-order valence-electron chi connectivity index (χ2n) is 3.90. The van der Waals surface area contributed by atoms with Gasteiger partial charge in [-0.05, 0) is 12.8 Å². The molecule has 2 rings (SSSR count). The Kier molecular flexibility index (Phi) is 2.79. The summed E-state index contributed by atoms with van der Waals surface area (Å²) in [4.78, 5) is 0. The van der Waals surface area contributed by atoms with E-state index < -0.39 is 10.0 Å². The van der Waals surface area contributed by atoms with Crippen molar-refractivity contribution in [2.24, 2.45) is 5.73 Å². The molecule has 2 aliphatic heterocycles. The zero-order chi connectivity index (χ0) is 10.2. The SMILES string of the molecule is NC1COCC1N1CCCCS1(=O)=O. The van der Waals surface area contributed by atoms with E-state index >= 15 is 0 Å². The molecule has 2 heterocycles. The van der Waals surface area contributed by atoms with Gasteiger partial charge in [0.2, 0.25) is 10.0 Å². The van der Waals surface area contributed by atoms with Crippen LogP contribution in [0.1, 0.15) is 12.8 Å². The summed E-state index contributed by atoms with van der Waals surface area (Å²) < 4.78 is 30.2. The number of rotatable bonds is 1. The quantitative estimate of drug-likeness (QED) is 0.624. The van der Waals surface area contributed by atoms with E-state index in [1.165, 1.54) is 4.31 Å². The van der Waals surface area contributed by atoms with Crippen molar-refractivity contribution in [2.45, 2.75) is 24.9 Å². The molecule has 2 saturated heterocycles. The van der Waals surface area contributed by atoms with Crippen molar-refractivity contribution in [2.75, 3.05) is 25.5 Å². The lowest BCUT2D eigenvalue weighted by atomic mass is 10.2. The van der Waals surface area contributed by atoms with Gasteiger partial charge >= 0.3 is 0 Å². The topological polar surface area (TPSA) is 72.6 Å². The summed E-state index contributed by atoms with van der Waals surface area (Å²) in [6.07, 6.45) is 1.70. The Bertz CT molecular complexity index is 304. The van der Waals surface area contributed by atoms with Crippen LogP contribution in [-0.4, -0.2) is 50.3 Å². The maximum Gasteiger partial charge on any atom is 0.214 e. The molecule has 0 aromatic rings. The zero-order valence-corrected chi connectivity index (χ0v) is 8.87. The molecule has 0 aromatic heterocycles. The molecule has 0 bridgehead atoms. The Morgan fingerprint density at radius 2 is 2.07 bits per heavy atom. The highest BCUT2D eigenvalue weighted by Crippen LogP contribution is 2.21. The van der Waals surface area contributed by atoms with Gasteiger partial charge in [-0.3, -0.25) is 0 Å². The molecule has 2 atom stereocenters. The van der Waals surface area contributed by atoms with Gasteiger partial charge in [0.05, 0.1) is 25.0 Å². The average Bonchev–Trinajstić information content (AvgIpc) is 2.51. The minimum absolute atomic E-state index is 0.139. The zero-order valence-electron chi connectivity index (χ0n) is 8.05. The number of nitrogens with two attached hydrogens (primary N) is 1. The summed E-state index contributed by atoms with van der Waals surface area (Å²) in [5.74, 6) is 0.260. The monoisotopic (exact) mass is 220 g/mol.